The zero-order chi connectivity index (χ0) is 36.8. The van der Waals surface area contributed by atoms with E-state index in [1.807, 2.05) is 19.1 Å². The van der Waals surface area contributed by atoms with Crippen LogP contribution in [0.2, 0.25) is 36.3 Å². The van der Waals surface area contributed by atoms with E-state index in [1.165, 1.54) is 20.8 Å². The van der Waals surface area contributed by atoms with E-state index in [0.717, 1.165) is 0 Å². The van der Waals surface area contributed by atoms with E-state index in [9.17, 15) is 19.2 Å². The van der Waals surface area contributed by atoms with Crippen molar-refractivity contribution in [2.45, 2.75) is 174 Å². The van der Waals surface area contributed by atoms with Crippen molar-refractivity contribution in [3.05, 3.63) is 12.2 Å². The predicted octanol–water partition coefficient (Wildman–Crippen LogP) is 5.98. The van der Waals surface area contributed by atoms with Crippen LogP contribution in [0.25, 0.3) is 0 Å². The van der Waals surface area contributed by atoms with E-state index in [1.54, 1.807) is 0 Å². The molecular weight excluding hydrogens is 657 g/mol. The molecule has 0 radical (unpaired) electrons. The first-order chi connectivity index (χ1) is 21.8. The summed E-state index contributed by atoms with van der Waals surface area (Å²) < 4.78 is 48.6. The maximum Gasteiger partial charge on any atom is 0.308 e. The van der Waals surface area contributed by atoms with Gasteiger partial charge in [-0.1, -0.05) is 53.7 Å². The Labute approximate surface area is 289 Å². The number of hydrogen-bond donors (Lipinski definition) is 0. The molecule has 0 aromatic rings. The Morgan fingerprint density at radius 1 is 0.812 bits per heavy atom. The number of cyclic esters (lactones) is 1. The number of carbonyl (C=O) groups is 4. The van der Waals surface area contributed by atoms with Crippen molar-refractivity contribution in [2.75, 3.05) is 6.61 Å². The van der Waals surface area contributed by atoms with Gasteiger partial charge in [-0.25, -0.2) is 0 Å². The van der Waals surface area contributed by atoms with Crippen molar-refractivity contribution in [1.29, 1.82) is 0 Å². The molecule has 0 unspecified atom stereocenters. The molecule has 276 valence electrons. The van der Waals surface area contributed by atoms with E-state index < -0.39 is 83.4 Å². The molecule has 0 N–H and O–H groups in total. The summed E-state index contributed by atoms with van der Waals surface area (Å²) in [5.74, 6) is -2.27. The molecule has 0 bridgehead atoms. The maximum absolute atomic E-state index is 13.4. The van der Waals surface area contributed by atoms with Crippen LogP contribution in [0.3, 0.4) is 0 Å². The second kappa shape index (κ2) is 16.7. The highest BCUT2D eigenvalue weighted by Crippen LogP contribution is 2.40. The van der Waals surface area contributed by atoms with Gasteiger partial charge in [0.2, 0.25) is 0 Å². The van der Waals surface area contributed by atoms with Gasteiger partial charge >= 0.3 is 23.9 Å². The SMILES string of the molecule is CC(=O)OC[C@H]1O[C@H](O[C@H]2CC(=O)O[C@H](C)C[C@H](O[Si](C)(C)C(C)(C)C)/C=C/[C@@H]2O[Si](C)(C)C(C)(C)C)C[C@@H](OC(C)=O)[C@H]1OC(C)=O. The molecule has 0 aliphatic carbocycles. The Morgan fingerprint density at radius 2 is 1.38 bits per heavy atom. The quantitative estimate of drug-likeness (QED) is 0.114. The molecule has 0 spiro atoms. The maximum atomic E-state index is 13.4. The lowest BCUT2D eigenvalue weighted by atomic mass is 10.0. The third-order valence-electron chi connectivity index (χ3n) is 9.52. The summed E-state index contributed by atoms with van der Waals surface area (Å²) in [6.07, 6.45) is -2.24. The molecule has 0 aromatic heterocycles. The van der Waals surface area contributed by atoms with Crippen LogP contribution in [-0.2, 0) is 56.5 Å². The van der Waals surface area contributed by atoms with Crippen molar-refractivity contribution in [3.8, 4) is 0 Å². The van der Waals surface area contributed by atoms with Crippen LogP contribution >= 0.6 is 0 Å². The summed E-state index contributed by atoms with van der Waals surface area (Å²) in [6, 6.07) is 0. The number of ether oxygens (including phenoxy) is 6. The summed E-state index contributed by atoms with van der Waals surface area (Å²) in [6.45, 7) is 26.8. The number of carbonyl (C=O) groups excluding carboxylic acids is 4. The Morgan fingerprint density at radius 3 is 1.90 bits per heavy atom. The molecule has 14 heteroatoms. The van der Waals surface area contributed by atoms with E-state index in [0.29, 0.717) is 6.42 Å². The van der Waals surface area contributed by atoms with Gasteiger partial charge in [0.1, 0.15) is 24.9 Å². The van der Waals surface area contributed by atoms with Gasteiger partial charge in [0.15, 0.2) is 29.0 Å². The molecular formula is C34H60O12Si2. The van der Waals surface area contributed by atoms with Crippen molar-refractivity contribution in [2.24, 2.45) is 0 Å². The minimum atomic E-state index is -2.45. The molecule has 2 heterocycles. The second-order valence-corrected chi connectivity index (χ2v) is 25.4. The van der Waals surface area contributed by atoms with Crippen molar-refractivity contribution in [1.82, 2.24) is 0 Å². The number of esters is 4. The van der Waals surface area contributed by atoms with Gasteiger partial charge in [-0.15, -0.1) is 0 Å². The number of hydrogen-bond acceptors (Lipinski definition) is 12. The van der Waals surface area contributed by atoms with E-state index in [4.69, 9.17) is 37.3 Å². The highest BCUT2D eigenvalue weighted by atomic mass is 28.4. The summed E-state index contributed by atoms with van der Waals surface area (Å²) in [5.41, 5.74) is 0. The molecule has 1 saturated heterocycles. The van der Waals surface area contributed by atoms with Crippen molar-refractivity contribution < 1.29 is 56.5 Å². The third kappa shape index (κ3) is 12.7. The summed E-state index contributed by atoms with van der Waals surface area (Å²) in [7, 11) is -4.66. The molecule has 8 atom stereocenters. The van der Waals surface area contributed by atoms with Gasteiger partial charge in [-0.05, 0) is 43.2 Å². The smallest absolute Gasteiger partial charge is 0.308 e. The highest BCUT2D eigenvalue weighted by Gasteiger charge is 2.47. The molecule has 0 amide bonds. The molecule has 2 aliphatic heterocycles. The molecule has 2 rings (SSSR count). The van der Waals surface area contributed by atoms with Crippen LogP contribution in [0.1, 0.15) is 88.5 Å². The first kappa shape index (κ1) is 42.1. The lowest BCUT2D eigenvalue weighted by molar-refractivity contribution is -0.281. The molecule has 2 aliphatic rings. The fraction of sp³-hybridized carbons (Fsp3) is 0.824. The van der Waals surface area contributed by atoms with Gasteiger partial charge in [-0.3, -0.25) is 19.2 Å². The first-order valence-corrected chi connectivity index (χ1v) is 22.6. The average molecular weight is 717 g/mol. The van der Waals surface area contributed by atoms with Crippen molar-refractivity contribution in [3.63, 3.8) is 0 Å². The zero-order valence-electron chi connectivity index (χ0n) is 31.5. The van der Waals surface area contributed by atoms with E-state index in [2.05, 4.69) is 67.7 Å². The number of rotatable bonds is 10. The van der Waals surface area contributed by atoms with Crippen LogP contribution in [0.15, 0.2) is 12.2 Å². The first-order valence-electron chi connectivity index (χ1n) is 16.8. The van der Waals surface area contributed by atoms with E-state index in [-0.39, 0.29) is 35.6 Å². The van der Waals surface area contributed by atoms with Crippen LogP contribution in [0.5, 0.6) is 0 Å². The highest BCUT2D eigenvalue weighted by molar-refractivity contribution is 6.74. The molecule has 0 aromatic carbocycles. The van der Waals surface area contributed by atoms with Crippen LogP contribution in [0, 0.1) is 0 Å². The fourth-order valence-corrected chi connectivity index (χ4v) is 7.49. The van der Waals surface area contributed by atoms with Gasteiger partial charge in [0.25, 0.3) is 0 Å². The molecule has 1 fully saturated rings. The van der Waals surface area contributed by atoms with E-state index >= 15 is 0 Å². The van der Waals surface area contributed by atoms with Gasteiger partial charge in [0.05, 0.1) is 24.7 Å². The minimum absolute atomic E-state index is 0.0241. The second-order valence-electron chi connectivity index (χ2n) is 15.9. The Kier molecular flexibility index (Phi) is 14.7. The van der Waals surface area contributed by atoms with Gasteiger partial charge in [-0.2, -0.15) is 0 Å². The molecule has 48 heavy (non-hydrogen) atoms. The van der Waals surface area contributed by atoms with Crippen LogP contribution in [0.4, 0.5) is 0 Å². The van der Waals surface area contributed by atoms with Crippen molar-refractivity contribution >= 4 is 40.5 Å². The minimum Gasteiger partial charge on any atom is -0.463 e. The Bertz CT molecular complexity index is 1160. The Balaban J connectivity index is 2.58. The average Bonchev–Trinajstić information content (AvgIpc) is 2.88. The lowest BCUT2D eigenvalue weighted by Gasteiger charge is -2.44. The van der Waals surface area contributed by atoms with Crippen LogP contribution < -0.4 is 0 Å². The zero-order valence-corrected chi connectivity index (χ0v) is 33.5. The largest absolute Gasteiger partial charge is 0.463 e. The molecule has 12 nitrogen and oxygen atoms in total. The summed E-state index contributed by atoms with van der Waals surface area (Å²) >= 11 is 0. The normalized spacial score (nSPS) is 30.1. The third-order valence-corrected chi connectivity index (χ3v) is 18.5. The van der Waals surface area contributed by atoms with Gasteiger partial charge in [0, 0.05) is 33.6 Å². The lowest BCUT2D eigenvalue weighted by Crippen LogP contribution is -2.55. The summed E-state index contributed by atoms with van der Waals surface area (Å²) in [5, 5.41) is -0.205. The molecule has 0 saturated carbocycles. The Hall–Kier alpha value is -2.11. The van der Waals surface area contributed by atoms with Gasteiger partial charge < -0.3 is 37.3 Å². The standard InChI is InChI=1S/C34H60O12Si2/c1-21-17-25(45-47(11,12)33(5,6)7)15-16-26(46-48(13,14)34(8,9)10)27(18-30(38)40-21)43-31-19-28(41-23(3)36)32(42-24(4)37)29(44-31)20-39-22(2)35/h15-16,21,25-29,31-32H,17-20H2,1-14H3/b16-15+/t21-,25-,26+,27+,28-,29-,31+,32-/m1/s1. The fourth-order valence-electron chi connectivity index (χ4n) is 4.94. The summed E-state index contributed by atoms with van der Waals surface area (Å²) in [4.78, 5) is 49.2. The topological polar surface area (TPSA) is 142 Å². The predicted molar refractivity (Wildman–Crippen MR) is 184 cm³/mol. The van der Waals surface area contributed by atoms with Crippen LogP contribution in [-0.4, -0.2) is 96.1 Å². The monoisotopic (exact) mass is 716 g/mol.